The maximum absolute atomic E-state index is 10.1. The van der Waals surface area contributed by atoms with E-state index in [9.17, 15) is 5.11 Å². The number of halogens is 1. The summed E-state index contributed by atoms with van der Waals surface area (Å²) in [5, 5.41) is 13.6. The molecule has 0 saturated heterocycles. The molecule has 0 fully saturated rings. The molecule has 1 N–H and O–H groups in total. The molecule has 3 heteroatoms. The van der Waals surface area contributed by atoms with Crippen LogP contribution >= 0.6 is 15.9 Å². The number of phenols is 1. The summed E-state index contributed by atoms with van der Waals surface area (Å²) in [5.74, 6) is 0.322. The van der Waals surface area contributed by atoms with Crippen molar-refractivity contribution in [3.63, 3.8) is 0 Å². The van der Waals surface area contributed by atoms with Crippen molar-refractivity contribution >= 4 is 26.7 Å². The quantitative estimate of drug-likeness (QED) is 0.436. The number of hydrogen-bond acceptors (Lipinski definition) is 2. The average molecular weight is 384 g/mol. The Bertz CT molecular complexity index is 873. The fourth-order valence-corrected chi connectivity index (χ4v) is 3.66. The molecule has 3 rings (SSSR count). The third-order valence-electron chi connectivity index (χ3n) is 4.59. The lowest BCUT2D eigenvalue weighted by atomic mass is 9.93. The summed E-state index contributed by atoms with van der Waals surface area (Å²) in [7, 11) is 0. The zero-order chi connectivity index (χ0) is 17.1. The highest BCUT2D eigenvalue weighted by Crippen LogP contribution is 2.36. The van der Waals surface area contributed by atoms with Gasteiger partial charge in [-0.1, -0.05) is 46.3 Å². The van der Waals surface area contributed by atoms with Crippen LogP contribution in [0.3, 0.4) is 0 Å². The van der Waals surface area contributed by atoms with Gasteiger partial charge < -0.3 is 5.11 Å². The Labute approximate surface area is 151 Å². The Hall–Kier alpha value is -1.87. The van der Waals surface area contributed by atoms with Crippen molar-refractivity contribution in [2.24, 2.45) is 0 Å². The molecule has 3 aromatic rings. The van der Waals surface area contributed by atoms with Gasteiger partial charge in [-0.2, -0.15) is 0 Å². The fraction of sp³-hybridized carbons (Fsp3) is 0.286. The van der Waals surface area contributed by atoms with Gasteiger partial charge in [0.1, 0.15) is 5.75 Å². The minimum Gasteiger partial charge on any atom is -0.508 e. The predicted molar refractivity (Wildman–Crippen MR) is 105 cm³/mol. The summed E-state index contributed by atoms with van der Waals surface area (Å²) >= 11 is 3.50. The number of alkyl halides is 1. The van der Waals surface area contributed by atoms with Crippen LogP contribution in [-0.2, 0) is 6.42 Å². The van der Waals surface area contributed by atoms with Crippen molar-refractivity contribution in [2.75, 3.05) is 5.33 Å². The minimum atomic E-state index is 0.322. The van der Waals surface area contributed by atoms with Crippen molar-refractivity contribution in [3.05, 3.63) is 59.3 Å². The SMILES string of the molecule is Cc1ccc(O)c(C)c1-c1ncc(CCCCBr)c2ccccc12. The molecule has 124 valence electrons. The number of benzene rings is 2. The second kappa shape index (κ2) is 7.35. The summed E-state index contributed by atoms with van der Waals surface area (Å²) in [6, 6.07) is 12.2. The van der Waals surface area contributed by atoms with Gasteiger partial charge in [-0.15, -0.1) is 0 Å². The van der Waals surface area contributed by atoms with Crippen molar-refractivity contribution in [1.82, 2.24) is 4.98 Å². The zero-order valence-corrected chi connectivity index (χ0v) is 15.7. The van der Waals surface area contributed by atoms with E-state index in [0.717, 1.165) is 45.9 Å². The van der Waals surface area contributed by atoms with Crippen molar-refractivity contribution < 1.29 is 5.11 Å². The molecule has 0 aliphatic carbocycles. The molecule has 0 spiro atoms. The molecule has 0 aliphatic heterocycles. The van der Waals surface area contributed by atoms with Crippen LogP contribution in [0.25, 0.3) is 22.0 Å². The molecular weight excluding hydrogens is 362 g/mol. The lowest BCUT2D eigenvalue weighted by Gasteiger charge is -2.15. The van der Waals surface area contributed by atoms with Gasteiger partial charge in [0, 0.05) is 28.0 Å². The van der Waals surface area contributed by atoms with Crippen molar-refractivity contribution in [2.45, 2.75) is 33.1 Å². The lowest BCUT2D eigenvalue weighted by molar-refractivity contribution is 0.471. The molecule has 0 unspecified atom stereocenters. The molecule has 2 aromatic carbocycles. The third-order valence-corrected chi connectivity index (χ3v) is 5.15. The summed E-state index contributed by atoms with van der Waals surface area (Å²) in [5.41, 5.74) is 5.32. The molecule has 0 amide bonds. The molecule has 0 radical (unpaired) electrons. The van der Waals surface area contributed by atoms with Crippen LogP contribution < -0.4 is 0 Å². The summed E-state index contributed by atoms with van der Waals surface area (Å²) in [6.07, 6.45) is 5.37. The predicted octanol–water partition coefficient (Wildman–Crippen LogP) is 5.94. The van der Waals surface area contributed by atoms with Crippen LogP contribution in [0.2, 0.25) is 0 Å². The summed E-state index contributed by atoms with van der Waals surface area (Å²) in [6.45, 7) is 4.03. The Morgan fingerprint density at radius 2 is 1.75 bits per heavy atom. The lowest BCUT2D eigenvalue weighted by Crippen LogP contribution is -1.97. The summed E-state index contributed by atoms with van der Waals surface area (Å²) in [4.78, 5) is 4.80. The number of nitrogens with zero attached hydrogens (tertiary/aromatic N) is 1. The third kappa shape index (κ3) is 3.18. The first kappa shape index (κ1) is 17.0. The molecule has 1 heterocycles. The van der Waals surface area contributed by atoms with Gasteiger partial charge in [-0.25, -0.2) is 0 Å². The molecule has 1 aromatic heterocycles. The fourth-order valence-electron chi connectivity index (χ4n) is 3.26. The first-order valence-electron chi connectivity index (χ1n) is 8.35. The zero-order valence-electron chi connectivity index (χ0n) is 14.1. The number of aromatic nitrogens is 1. The molecule has 0 atom stereocenters. The van der Waals surface area contributed by atoms with Crippen molar-refractivity contribution in [3.8, 4) is 17.0 Å². The van der Waals surface area contributed by atoms with Gasteiger partial charge in [-0.3, -0.25) is 4.98 Å². The highest BCUT2D eigenvalue weighted by atomic mass is 79.9. The van der Waals surface area contributed by atoms with E-state index in [1.165, 1.54) is 17.4 Å². The van der Waals surface area contributed by atoms with E-state index < -0.39 is 0 Å². The maximum atomic E-state index is 10.1. The number of phenolic OH excluding ortho intramolecular Hbond substituents is 1. The maximum Gasteiger partial charge on any atom is 0.119 e. The number of unbranched alkanes of at least 4 members (excludes halogenated alkanes) is 1. The Balaban J connectivity index is 2.18. The number of fused-ring (bicyclic) bond motifs is 1. The number of pyridine rings is 1. The molecule has 2 nitrogen and oxygen atoms in total. The monoisotopic (exact) mass is 383 g/mol. The molecule has 24 heavy (non-hydrogen) atoms. The molecule has 0 aliphatic rings. The van der Waals surface area contributed by atoms with E-state index in [1.54, 1.807) is 6.07 Å². The Morgan fingerprint density at radius 3 is 2.50 bits per heavy atom. The molecule has 0 bridgehead atoms. The van der Waals surface area contributed by atoms with Crippen LogP contribution in [0.5, 0.6) is 5.75 Å². The summed E-state index contributed by atoms with van der Waals surface area (Å²) < 4.78 is 0. The number of aryl methyl sites for hydroxylation is 2. The van der Waals surface area contributed by atoms with E-state index in [2.05, 4.69) is 47.1 Å². The highest BCUT2D eigenvalue weighted by molar-refractivity contribution is 9.09. The van der Waals surface area contributed by atoms with E-state index in [-0.39, 0.29) is 0 Å². The highest BCUT2D eigenvalue weighted by Gasteiger charge is 2.15. The Morgan fingerprint density at radius 1 is 1.00 bits per heavy atom. The van der Waals surface area contributed by atoms with Crippen LogP contribution in [0.4, 0.5) is 0 Å². The minimum absolute atomic E-state index is 0.322. The number of hydrogen-bond donors (Lipinski definition) is 1. The van der Waals surface area contributed by atoms with Gasteiger partial charge in [0.15, 0.2) is 0 Å². The average Bonchev–Trinajstić information content (AvgIpc) is 2.60. The van der Waals surface area contributed by atoms with E-state index in [4.69, 9.17) is 4.98 Å². The van der Waals surface area contributed by atoms with E-state index in [0.29, 0.717) is 5.75 Å². The standard InChI is InChI=1S/C21H22BrNO/c1-14-10-11-19(24)15(2)20(14)21-18-9-4-3-8-17(18)16(13-23-21)7-5-6-12-22/h3-4,8-11,13,24H,5-7,12H2,1-2H3. The smallest absolute Gasteiger partial charge is 0.119 e. The second-order valence-corrected chi connectivity index (χ2v) is 7.02. The Kier molecular flexibility index (Phi) is 5.20. The van der Waals surface area contributed by atoms with Gasteiger partial charge in [0.05, 0.1) is 5.69 Å². The van der Waals surface area contributed by atoms with Crippen molar-refractivity contribution in [1.29, 1.82) is 0 Å². The first-order chi connectivity index (χ1) is 11.6. The molecular formula is C21H22BrNO. The van der Waals surface area contributed by atoms with Crippen LogP contribution in [-0.4, -0.2) is 15.4 Å². The number of aromatic hydroxyl groups is 1. The van der Waals surface area contributed by atoms with Gasteiger partial charge in [-0.05, 0) is 55.7 Å². The van der Waals surface area contributed by atoms with Crippen LogP contribution in [0.1, 0.15) is 29.5 Å². The van der Waals surface area contributed by atoms with E-state index in [1.807, 2.05) is 19.2 Å². The second-order valence-electron chi connectivity index (χ2n) is 6.23. The van der Waals surface area contributed by atoms with Gasteiger partial charge in [0.25, 0.3) is 0 Å². The topological polar surface area (TPSA) is 33.1 Å². The van der Waals surface area contributed by atoms with Crippen LogP contribution in [0.15, 0.2) is 42.6 Å². The largest absolute Gasteiger partial charge is 0.508 e. The molecule has 0 saturated carbocycles. The van der Waals surface area contributed by atoms with Crippen LogP contribution in [0, 0.1) is 13.8 Å². The van der Waals surface area contributed by atoms with Gasteiger partial charge >= 0.3 is 0 Å². The normalized spacial score (nSPS) is 11.1. The number of rotatable bonds is 5. The van der Waals surface area contributed by atoms with E-state index >= 15 is 0 Å². The first-order valence-corrected chi connectivity index (χ1v) is 9.47. The van der Waals surface area contributed by atoms with Gasteiger partial charge in [0.2, 0.25) is 0 Å².